The van der Waals surface area contributed by atoms with Crippen LogP contribution in [0.3, 0.4) is 0 Å². The highest BCUT2D eigenvalue weighted by molar-refractivity contribution is 6.17. The second-order valence-electron chi connectivity index (χ2n) is 5.79. The van der Waals surface area contributed by atoms with Gasteiger partial charge in [-0.1, -0.05) is 26.2 Å². The van der Waals surface area contributed by atoms with Crippen molar-refractivity contribution >= 4 is 11.6 Å². The molecule has 1 saturated carbocycles. The number of alkyl halides is 1. The summed E-state index contributed by atoms with van der Waals surface area (Å²) in [5.41, 5.74) is 1.16. The van der Waals surface area contributed by atoms with Crippen LogP contribution in [0.2, 0.25) is 0 Å². The molecule has 1 N–H and O–H groups in total. The first-order valence-corrected chi connectivity index (χ1v) is 8.13. The van der Waals surface area contributed by atoms with E-state index in [1.165, 1.54) is 32.1 Å². The number of aromatic nitrogens is 2. The fourth-order valence-corrected chi connectivity index (χ4v) is 3.13. The van der Waals surface area contributed by atoms with Crippen LogP contribution in [0.5, 0.6) is 0 Å². The van der Waals surface area contributed by atoms with Crippen LogP contribution in [-0.2, 0) is 6.54 Å². The molecule has 2 rings (SSSR count). The first-order chi connectivity index (χ1) is 9.29. The third-order valence-electron chi connectivity index (χ3n) is 4.01. The molecule has 1 aliphatic carbocycles. The molecule has 1 atom stereocenters. The Morgan fingerprint density at radius 2 is 2.21 bits per heavy atom. The van der Waals surface area contributed by atoms with Crippen molar-refractivity contribution in [3.63, 3.8) is 0 Å². The third-order valence-corrected chi connectivity index (χ3v) is 4.23. The molecule has 0 bridgehead atoms. The molecule has 4 heteroatoms. The van der Waals surface area contributed by atoms with Gasteiger partial charge in [0.2, 0.25) is 0 Å². The molecule has 0 aromatic carbocycles. The maximum absolute atomic E-state index is 5.74. The first-order valence-electron chi connectivity index (χ1n) is 7.60. The predicted molar refractivity (Wildman–Crippen MR) is 80.6 cm³/mol. The monoisotopic (exact) mass is 283 g/mol. The largest absolute Gasteiger partial charge is 0.311 e. The summed E-state index contributed by atoms with van der Waals surface area (Å²) in [5, 5.41) is 8.17. The van der Waals surface area contributed by atoms with Gasteiger partial charge in [-0.15, -0.1) is 11.6 Å². The summed E-state index contributed by atoms with van der Waals surface area (Å²) in [6.45, 7) is 4.12. The summed E-state index contributed by atoms with van der Waals surface area (Å²) < 4.78 is 2.18. The summed E-state index contributed by atoms with van der Waals surface area (Å²) in [4.78, 5) is 0. The van der Waals surface area contributed by atoms with Gasteiger partial charge in [0.05, 0.1) is 11.7 Å². The Morgan fingerprint density at radius 3 is 2.95 bits per heavy atom. The molecular formula is C15H26ClN3. The molecule has 1 aromatic rings. The van der Waals surface area contributed by atoms with E-state index < -0.39 is 0 Å². The third kappa shape index (κ3) is 4.81. The SMILES string of the molecule is CC(CCCl)CNCc1ccn(C2CCCCC2)n1. The van der Waals surface area contributed by atoms with E-state index in [9.17, 15) is 0 Å². The Labute approximate surface area is 121 Å². The van der Waals surface area contributed by atoms with E-state index in [2.05, 4.69) is 29.2 Å². The van der Waals surface area contributed by atoms with Crippen LogP contribution >= 0.6 is 11.6 Å². The van der Waals surface area contributed by atoms with Crippen LogP contribution in [0.1, 0.15) is 57.2 Å². The van der Waals surface area contributed by atoms with E-state index in [-0.39, 0.29) is 0 Å². The summed E-state index contributed by atoms with van der Waals surface area (Å²) in [6.07, 6.45) is 9.91. The van der Waals surface area contributed by atoms with Crippen LogP contribution < -0.4 is 5.32 Å². The molecule has 0 radical (unpaired) electrons. The Balaban J connectivity index is 1.74. The number of hydrogen-bond donors (Lipinski definition) is 1. The van der Waals surface area contributed by atoms with Crippen LogP contribution in [0.15, 0.2) is 12.3 Å². The molecule has 0 amide bonds. The molecule has 1 heterocycles. The lowest BCUT2D eigenvalue weighted by molar-refractivity contribution is 0.327. The normalized spacial score (nSPS) is 18.6. The van der Waals surface area contributed by atoms with E-state index in [0.29, 0.717) is 12.0 Å². The number of hydrogen-bond acceptors (Lipinski definition) is 2. The lowest BCUT2D eigenvalue weighted by atomic mass is 9.96. The van der Waals surface area contributed by atoms with Crippen molar-refractivity contribution in [2.75, 3.05) is 12.4 Å². The molecule has 1 aliphatic rings. The van der Waals surface area contributed by atoms with Gasteiger partial charge >= 0.3 is 0 Å². The van der Waals surface area contributed by atoms with Crippen molar-refractivity contribution in [3.05, 3.63) is 18.0 Å². The Bertz CT molecular complexity index is 358. The number of nitrogens with zero attached hydrogens (tertiary/aromatic N) is 2. The van der Waals surface area contributed by atoms with E-state index in [4.69, 9.17) is 16.7 Å². The van der Waals surface area contributed by atoms with Crippen LogP contribution in [0.25, 0.3) is 0 Å². The molecule has 1 unspecified atom stereocenters. The topological polar surface area (TPSA) is 29.9 Å². The lowest BCUT2D eigenvalue weighted by Crippen LogP contribution is -2.21. The van der Waals surface area contributed by atoms with Crippen molar-refractivity contribution in [2.24, 2.45) is 5.92 Å². The van der Waals surface area contributed by atoms with Gasteiger partial charge in [0, 0.05) is 18.6 Å². The Kier molecular flexibility index (Phi) is 6.18. The minimum Gasteiger partial charge on any atom is -0.311 e. The van der Waals surface area contributed by atoms with E-state index in [1.54, 1.807) is 0 Å². The van der Waals surface area contributed by atoms with Crippen molar-refractivity contribution in [1.82, 2.24) is 15.1 Å². The minimum atomic E-state index is 0.637. The second-order valence-corrected chi connectivity index (χ2v) is 6.17. The molecule has 0 spiro atoms. The standard InChI is InChI=1S/C15H26ClN3/c1-13(7-9-16)11-17-12-14-8-10-19(18-14)15-5-3-2-4-6-15/h8,10,13,15,17H,2-7,9,11-12H2,1H3. The highest BCUT2D eigenvalue weighted by Gasteiger charge is 2.15. The number of nitrogens with one attached hydrogen (secondary N) is 1. The van der Waals surface area contributed by atoms with Gasteiger partial charge < -0.3 is 5.32 Å². The fraction of sp³-hybridized carbons (Fsp3) is 0.800. The first kappa shape index (κ1) is 14.9. The zero-order valence-corrected chi connectivity index (χ0v) is 12.7. The zero-order chi connectivity index (χ0) is 13.5. The van der Waals surface area contributed by atoms with Crippen molar-refractivity contribution in [3.8, 4) is 0 Å². The molecule has 3 nitrogen and oxygen atoms in total. The zero-order valence-electron chi connectivity index (χ0n) is 11.9. The van der Waals surface area contributed by atoms with Gasteiger partial charge in [0.25, 0.3) is 0 Å². The number of halogens is 1. The Hall–Kier alpha value is -0.540. The summed E-state index contributed by atoms with van der Waals surface area (Å²) in [6, 6.07) is 2.78. The summed E-state index contributed by atoms with van der Waals surface area (Å²) in [5.74, 6) is 1.39. The predicted octanol–water partition coefficient (Wildman–Crippen LogP) is 3.74. The van der Waals surface area contributed by atoms with Crippen LogP contribution in [-0.4, -0.2) is 22.2 Å². The van der Waals surface area contributed by atoms with Gasteiger partial charge in [-0.25, -0.2) is 0 Å². The van der Waals surface area contributed by atoms with Gasteiger partial charge in [0.1, 0.15) is 0 Å². The molecule has 19 heavy (non-hydrogen) atoms. The van der Waals surface area contributed by atoms with Gasteiger partial charge in [-0.3, -0.25) is 4.68 Å². The maximum atomic E-state index is 5.74. The van der Waals surface area contributed by atoms with Gasteiger partial charge in [-0.2, -0.15) is 5.10 Å². The molecule has 0 saturated heterocycles. The van der Waals surface area contributed by atoms with Crippen LogP contribution in [0, 0.1) is 5.92 Å². The fourth-order valence-electron chi connectivity index (χ4n) is 2.76. The highest BCUT2D eigenvalue weighted by atomic mass is 35.5. The number of rotatable bonds is 7. The molecular weight excluding hydrogens is 258 g/mol. The van der Waals surface area contributed by atoms with Crippen LogP contribution in [0.4, 0.5) is 0 Å². The molecule has 0 aliphatic heterocycles. The van der Waals surface area contributed by atoms with Crippen molar-refractivity contribution < 1.29 is 0 Å². The quantitative estimate of drug-likeness (QED) is 0.773. The molecule has 1 aromatic heterocycles. The lowest BCUT2D eigenvalue weighted by Gasteiger charge is -2.21. The Morgan fingerprint density at radius 1 is 1.42 bits per heavy atom. The highest BCUT2D eigenvalue weighted by Crippen LogP contribution is 2.27. The average molecular weight is 284 g/mol. The summed E-state index contributed by atoms with van der Waals surface area (Å²) >= 11 is 5.74. The van der Waals surface area contributed by atoms with Crippen molar-refractivity contribution in [2.45, 2.75) is 58.0 Å². The molecule has 108 valence electrons. The van der Waals surface area contributed by atoms with Crippen molar-refractivity contribution in [1.29, 1.82) is 0 Å². The maximum Gasteiger partial charge on any atom is 0.0762 e. The van der Waals surface area contributed by atoms with E-state index in [0.717, 1.165) is 31.1 Å². The van der Waals surface area contributed by atoms with Gasteiger partial charge in [-0.05, 0) is 37.8 Å². The summed E-state index contributed by atoms with van der Waals surface area (Å²) in [7, 11) is 0. The van der Waals surface area contributed by atoms with E-state index >= 15 is 0 Å². The van der Waals surface area contributed by atoms with Gasteiger partial charge in [0.15, 0.2) is 0 Å². The minimum absolute atomic E-state index is 0.637. The average Bonchev–Trinajstić information content (AvgIpc) is 2.89. The van der Waals surface area contributed by atoms with E-state index in [1.807, 2.05) is 0 Å². The second kappa shape index (κ2) is 7.91. The smallest absolute Gasteiger partial charge is 0.0762 e. The molecule has 1 fully saturated rings.